The normalized spacial score (nSPS) is 19.0. The van der Waals surface area contributed by atoms with Crippen LogP contribution in [-0.4, -0.2) is 63.5 Å². The molecule has 2 aromatic rings. The van der Waals surface area contributed by atoms with Gasteiger partial charge in [0.1, 0.15) is 12.4 Å². The van der Waals surface area contributed by atoms with E-state index in [0.29, 0.717) is 37.7 Å². The Morgan fingerprint density at radius 2 is 1.61 bits per heavy atom. The molecule has 2 heterocycles. The van der Waals surface area contributed by atoms with Gasteiger partial charge in [-0.25, -0.2) is 0 Å². The third kappa shape index (κ3) is 5.57. The summed E-state index contributed by atoms with van der Waals surface area (Å²) in [7, 11) is 0. The lowest BCUT2D eigenvalue weighted by molar-refractivity contribution is -0.125. The number of ether oxygens (including phenoxy) is 3. The number of nitrogens with one attached hydrogen (secondary N) is 1. The van der Waals surface area contributed by atoms with Gasteiger partial charge >= 0.3 is 0 Å². The fourth-order valence-electron chi connectivity index (χ4n) is 4.14. The molecule has 1 amide bonds. The summed E-state index contributed by atoms with van der Waals surface area (Å²) in [5.74, 6) is 0.781. The Kier molecular flexibility index (Phi) is 7.45. The zero-order valence-corrected chi connectivity index (χ0v) is 18.4. The van der Waals surface area contributed by atoms with Crippen LogP contribution in [0.25, 0.3) is 0 Å². The molecule has 0 aliphatic carbocycles. The first kappa shape index (κ1) is 22.1. The Labute approximate surface area is 188 Å². The number of carbonyl (C=O) groups excluding carboxylic acids is 1. The third-order valence-electron chi connectivity index (χ3n) is 6.07. The average molecular weight is 445 g/mol. The van der Waals surface area contributed by atoms with Crippen molar-refractivity contribution in [1.29, 1.82) is 0 Å². The van der Waals surface area contributed by atoms with Crippen LogP contribution in [0.1, 0.15) is 18.4 Å². The number of nitrogens with zero attached hydrogens (tertiary/aromatic N) is 1. The van der Waals surface area contributed by atoms with E-state index in [1.54, 1.807) is 0 Å². The number of rotatable bonds is 7. The second-order valence-corrected chi connectivity index (χ2v) is 8.42. The van der Waals surface area contributed by atoms with Crippen molar-refractivity contribution in [1.82, 2.24) is 4.90 Å². The molecule has 31 heavy (non-hydrogen) atoms. The second-order valence-electron chi connectivity index (χ2n) is 7.98. The van der Waals surface area contributed by atoms with Crippen LogP contribution in [0.3, 0.4) is 0 Å². The molecule has 0 aromatic heterocycles. The molecule has 2 fully saturated rings. The van der Waals surface area contributed by atoms with Crippen LogP contribution in [0.15, 0.2) is 48.5 Å². The highest BCUT2D eigenvalue weighted by Gasteiger charge is 2.41. The zero-order valence-electron chi connectivity index (χ0n) is 17.6. The Balaban J connectivity index is 1.36. The van der Waals surface area contributed by atoms with Crippen LogP contribution in [0.2, 0.25) is 5.02 Å². The maximum Gasteiger partial charge on any atom is 0.235 e. The zero-order chi connectivity index (χ0) is 21.5. The summed E-state index contributed by atoms with van der Waals surface area (Å²) >= 11 is 6.06. The summed E-state index contributed by atoms with van der Waals surface area (Å²) in [6.07, 6.45) is 1.28. The number of benzene rings is 2. The number of carbonyl (C=O) groups is 1. The quantitative estimate of drug-likeness (QED) is 0.705. The molecule has 6 nitrogen and oxygen atoms in total. The van der Waals surface area contributed by atoms with Gasteiger partial charge in [0.15, 0.2) is 0 Å². The SMILES string of the molecule is O=C(Nc1ccc(OCCN2CCOCC2)cc1)C1(c2ccc(Cl)cc2)CCOCC1. The van der Waals surface area contributed by atoms with E-state index in [-0.39, 0.29) is 5.91 Å². The molecule has 7 heteroatoms. The van der Waals surface area contributed by atoms with Gasteiger partial charge in [-0.15, -0.1) is 0 Å². The standard InChI is InChI=1S/C24H29ClN2O4/c25-20-3-1-19(2-4-20)24(9-14-29-15-10-24)23(28)26-21-5-7-22(8-6-21)31-18-13-27-11-16-30-17-12-27/h1-8H,9-18H2,(H,26,28). The van der Waals surface area contributed by atoms with Crippen LogP contribution in [0, 0.1) is 0 Å². The molecule has 0 radical (unpaired) electrons. The molecular weight excluding hydrogens is 416 g/mol. The van der Waals surface area contributed by atoms with Crippen LogP contribution >= 0.6 is 11.6 Å². The fourth-order valence-corrected chi connectivity index (χ4v) is 4.26. The first-order valence-electron chi connectivity index (χ1n) is 10.8. The molecule has 0 atom stereocenters. The minimum absolute atomic E-state index is 0.0147. The van der Waals surface area contributed by atoms with E-state index in [2.05, 4.69) is 10.2 Å². The smallest absolute Gasteiger partial charge is 0.235 e. The van der Waals surface area contributed by atoms with Crippen molar-refractivity contribution in [2.24, 2.45) is 0 Å². The molecule has 0 unspecified atom stereocenters. The lowest BCUT2D eigenvalue weighted by atomic mass is 9.73. The number of hydrogen-bond donors (Lipinski definition) is 1. The minimum Gasteiger partial charge on any atom is -0.492 e. The van der Waals surface area contributed by atoms with Crippen LogP contribution in [-0.2, 0) is 19.7 Å². The van der Waals surface area contributed by atoms with Crippen LogP contribution < -0.4 is 10.1 Å². The van der Waals surface area contributed by atoms with Gasteiger partial charge in [0, 0.05) is 43.6 Å². The van der Waals surface area contributed by atoms with E-state index in [0.717, 1.165) is 49.8 Å². The molecule has 1 N–H and O–H groups in total. The lowest BCUT2D eigenvalue weighted by Crippen LogP contribution is -2.44. The molecular formula is C24H29ClN2O4. The minimum atomic E-state index is -0.615. The third-order valence-corrected chi connectivity index (χ3v) is 6.32. The number of anilines is 1. The average Bonchev–Trinajstić information content (AvgIpc) is 2.82. The second kappa shape index (κ2) is 10.5. The highest BCUT2D eigenvalue weighted by atomic mass is 35.5. The predicted octanol–water partition coefficient (Wildman–Crippen LogP) is 3.74. The van der Waals surface area contributed by atoms with E-state index in [1.165, 1.54) is 0 Å². The maximum absolute atomic E-state index is 13.4. The number of hydrogen-bond acceptors (Lipinski definition) is 5. The molecule has 0 spiro atoms. The highest BCUT2D eigenvalue weighted by molar-refractivity contribution is 6.30. The summed E-state index contributed by atoms with van der Waals surface area (Å²) in [5, 5.41) is 3.76. The van der Waals surface area contributed by atoms with Crippen LogP contribution in [0.4, 0.5) is 5.69 Å². The van der Waals surface area contributed by atoms with E-state index in [9.17, 15) is 4.79 Å². The number of amides is 1. The summed E-state index contributed by atoms with van der Waals surface area (Å²) in [4.78, 5) is 15.7. The van der Waals surface area contributed by atoms with Crippen molar-refractivity contribution in [3.05, 3.63) is 59.1 Å². The summed E-state index contributed by atoms with van der Waals surface area (Å²) in [6, 6.07) is 15.1. The van der Waals surface area contributed by atoms with Crippen molar-refractivity contribution in [2.45, 2.75) is 18.3 Å². The van der Waals surface area contributed by atoms with E-state index >= 15 is 0 Å². The number of morpholine rings is 1. The molecule has 0 saturated carbocycles. The molecule has 2 aliphatic rings. The summed E-state index contributed by atoms with van der Waals surface area (Å²) in [6.45, 7) is 6.12. The fraction of sp³-hybridized carbons (Fsp3) is 0.458. The highest BCUT2D eigenvalue weighted by Crippen LogP contribution is 2.36. The number of halogens is 1. The summed E-state index contributed by atoms with van der Waals surface area (Å²) in [5.41, 5.74) is 1.11. The Morgan fingerprint density at radius 1 is 0.968 bits per heavy atom. The molecule has 2 aromatic carbocycles. The predicted molar refractivity (Wildman–Crippen MR) is 121 cm³/mol. The van der Waals surface area contributed by atoms with Gasteiger partial charge in [-0.3, -0.25) is 9.69 Å². The van der Waals surface area contributed by atoms with Crippen molar-refractivity contribution in [3.63, 3.8) is 0 Å². The molecule has 2 aliphatic heterocycles. The van der Waals surface area contributed by atoms with Crippen molar-refractivity contribution < 1.29 is 19.0 Å². The Morgan fingerprint density at radius 3 is 2.29 bits per heavy atom. The van der Waals surface area contributed by atoms with Gasteiger partial charge in [0.25, 0.3) is 0 Å². The topological polar surface area (TPSA) is 60.0 Å². The molecule has 2 saturated heterocycles. The van der Waals surface area contributed by atoms with E-state index < -0.39 is 5.41 Å². The van der Waals surface area contributed by atoms with E-state index in [4.69, 9.17) is 25.8 Å². The Hall–Kier alpha value is -2.12. The molecule has 166 valence electrons. The first-order valence-corrected chi connectivity index (χ1v) is 11.2. The van der Waals surface area contributed by atoms with Gasteiger partial charge in [-0.05, 0) is 54.8 Å². The van der Waals surface area contributed by atoms with Crippen LogP contribution in [0.5, 0.6) is 5.75 Å². The van der Waals surface area contributed by atoms with Gasteiger partial charge in [-0.1, -0.05) is 23.7 Å². The first-order chi connectivity index (χ1) is 15.2. The monoisotopic (exact) mass is 444 g/mol. The van der Waals surface area contributed by atoms with Crippen molar-refractivity contribution in [2.75, 3.05) is 58.0 Å². The Bertz CT molecular complexity index is 845. The lowest BCUT2D eigenvalue weighted by Gasteiger charge is -2.36. The molecule has 4 rings (SSSR count). The maximum atomic E-state index is 13.4. The summed E-state index contributed by atoms with van der Waals surface area (Å²) < 4.78 is 16.8. The van der Waals surface area contributed by atoms with Gasteiger partial charge in [0.2, 0.25) is 5.91 Å². The van der Waals surface area contributed by atoms with Gasteiger partial charge in [0.05, 0.1) is 18.6 Å². The largest absolute Gasteiger partial charge is 0.492 e. The van der Waals surface area contributed by atoms with E-state index in [1.807, 2.05) is 48.5 Å². The van der Waals surface area contributed by atoms with Gasteiger partial charge in [-0.2, -0.15) is 0 Å². The van der Waals surface area contributed by atoms with Gasteiger partial charge < -0.3 is 19.5 Å². The van der Waals surface area contributed by atoms with Crippen molar-refractivity contribution in [3.8, 4) is 5.75 Å². The van der Waals surface area contributed by atoms with Crippen molar-refractivity contribution >= 4 is 23.2 Å². The molecule has 0 bridgehead atoms.